The molecular weight excluding hydrogens is 548 g/mol. The van der Waals surface area contributed by atoms with Crippen molar-refractivity contribution in [1.29, 1.82) is 0 Å². The van der Waals surface area contributed by atoms with Crippen LogP contribution >= 0.6 is 0 Å². The van der Waals surface area contributed by atoms with Gasteiger partial charge in [-0.1, -0.05) is 97.1 Å². The van der Waals surface area contributed by atoms with Crippen molar-refractivity contribution in [2.75, 3.05) is 0 Å². The summed E-state index contributed by atoms with van der Waals surface area (Å²) in [6, 6.07) is 56.6. The van der Waals surface area contributed by atoms with Gasteiger partial charge in [0.1, 0.15) is 11.2 Å². The van der Waals surface area contributed by atoms with Crippen molar-refractivity contribution in [3.8, 4) is 22.5 Å². The van der Waals surface area contributed by atoms with E-state index >= 15 is 0 Å². The van der Waals surface area contributed by atoms with Gasteiger partial charge in [0.2, 0.25) is 0 Å². The van der Waals surface area contributed by atoms with Gasteiger partial charge in [0.05, 0.1) is 22.1 Å². The molecule has 0 saturated heterocycles. The Morgan fingerprint density at radius 2 is 0.911 bits per heavy atom. The minimum atomic E-state index is 0.898. The van der Waals surface area contributed by atoms with E-state index in [1.165, 1.54) is 54.7 Å². The highest BCUT2D eigenvalue weighted by Gasteiger charge is 2.18. The molecule has 0 atom stereocenters. The summed E-state index contributed by atoms with van der Waals surface area (Å²) in [7, 11) is 0. The van der Waals surface area contributed by atoms with Crippen molar-refractivity contribution in [3.63, 3.8) is 0 Å². The number of benzene rings is 7. The first-order valence-corrected chi connectivity index (χ1v) is 15.4. The van der Waals surface area contributed by atoms with Crippen molar-refractivity contribution >= 4 is 65.6 Å². The lowest BCUT2D eigenvalue weighted by Crippen LogP contribution is -1.95. The van der Waals surface area contributed by atoms with Gasteiger partial charge in [-0.2, -0.15) is 0 Å². The van der Waals surface area contributed by atoms with Gasteiger partial charge in [-0.15, -0.1) is 0 Å². The molecule has 0 radical (unpaired) electrons. The van der Waals surface area contributed by atoms with Gasteiger partial charge in [-0.05, 0) is 65.7 Å². The third-order valence-corrected chi connectivity index (χ3v) is 9.31. The first-order valence-electron chi connectivity index (χ1n) is 15.4. The van der Waals surface area contributed by atoms with Crippen LogP contribution in [0.15, 0.2) is 162 Å². The standard InChI is InChI=1S/C42H26N2O/c1-5-18-36-31(13-1)32-14-2-6-19-37(32)43(36)28-12-9-11-27(25-28)30-17-10-21-39-42(30)35-16-3-7-20-38(35)44(39)29-23-24-34-33-15-4-8-22-40(33)45-41(34)26-29/h1-26H. The van der Waals surface area contributed by atoms with Crippen molar-refractivity contribution in [2.45, 2.75) is 0 Å². The molecule has 0 unspecified atom stereocenters. The molecule has 0 spiro atoms. The second-order valence-corrected chi connectivity index (χ2v) is 11.8. The molecule has 10 aromatic rings. The highest BCUT2D eigenvalue weighted by Crippen LogP contribution is 2.40. The maximum atomic E-state index is 6.30. The van der Waals surface area contributed by atoms with E-state index in [4.69, 9.17) is 4.42 Å². The summed E-state index contributed by atoms with van der Waals surface area (Å²) in [4.78, 5) is 0. The van der Waals surface area contributed by atoms with E-state index in [1.807, 2.05) is 12.1 Å². The van der Waals surface area contributed by atoms with Gasteiger partial charge in [0.25, 0.3) is 0 Å². The molecule has 0 aliphatic rings. The maximum Gasteiger partial charge on any atom is 0.137 e. The Bertz CT molecular complexity index is 2720. The van der Waals surface area contributed by atoms with Crippen LogP contribution < -0.4 is 0 Å². The fourth-order valence-corrected chi connectivity index (χ4v) is 7.40. The summed E-state index contributed by atoms with van der Waals surface area (Å²) >= 11 is 0. The average Bonchev–Trinajstić information content (AvgIpc) is 3.75. The Labute approximate surface area is 258 Å². The third-order valence-electron chi connectivity index (χ3n) is 9.31. The fraction of sp³-hybridized carbons (Fsp3) is 0. The Balaban J connectivity index is 1.21. The van der Waals surface area contributed by atoms with Crippen molar-refractivity contribution in [2.24, 2.45) is 0 Å². The number of fused-ring (bicyclic) bond motifs is 9. The first kappa shape index (κ1) is 24.4. The summed E-state index contributed by atoms with van der Waals surface area (Å²) in [6.45, 7) is 0. The third kappa shape index (κ3) is 3.46. The minimum absolute atomic E-state index is 0.898. The molecule has 45 heavy (non-hydrogen) atoms. The van der Waals surface area contributed by atoms with Gasteiger partial charge in [-0.25, -0.2) is 0 Å². The highest BCUT2D eigenvalue weighted by molar-refractivity contribution is 6.16. The molecule has 0 fully saturated rings. The largest absolute Gasteiger partial charge is 0.456 e. The summed E-state index contributed by atoms with van der Waals surface area (Å²) < 4.78 is 11.1. The van der Waals surface area contributed by atoms with Gasteiger partial charge >= 0.3 is 0 Å². The predicted octanol–water partition coefficient (Wildman–Crippen LogP) is 11.4. The molecule has 3 aromatic heterocycles. The zero-order valence-corrected chi connectivity index (χ0v) is 24.3. The van der Waals surface area contributed by atoms with Crippen LogP contribution in [-0.4, -0.2) is 9.13 Å². The second-order valence-electron chi connectivity index (χ2n) is 11.8. The number of aromatic nitrogens is 2. The van der Waals surface area contributed by atoms with Crippen LogP contribution in [0.25, 0.3) is 88.1 Å². The number of furan rings is 1. The van der Waals surface area contributed by atoms with Crippen LogP contribution in [0.3, 0.4) is 0 Å². The highest BCUT2D eigenvalue weighted by atomic mass is 16.3. The lowest BCUT2D eigenvalue weighted by atomic mass is 9.99. The van der Waals surface area contributed by atoms with Crippen molar-refractivity contribution < 1.29 is 4.42 Å². The van der Waals surface area contributed by atoms with Crippen LogP contribution in [0.1, 0.15) is 0 Å². The lowest BCUT2D eigenvalue weighted by Gasteiger charge is -2.12. The summed E-state index contributed by atoms with van der Waals surface area (Å²) in [5.41, 5.74) is 11.2. The molecule has 3 nitrogen and oxygen atoms in total. The number of hydrogen-bond donors (Lipinski definition) is 0. The van der Waals surface area contributed by atoms with E-state index in [1.54, 1.807) is 0 Å². The molecular formula is C42H26N2O. The van der Waals surface area contributed by atoms with E-state index in [-0.39, 0.29) is 0 Å². The zero-order valence-electron chi connectivity index (χ0n) is 24.3. The zero-order chi connectivity index (χ0) is 29.5. The Kier molecular flexibility index (Phi) is 5.00. The Morgan fingerprint density at radius 1 is 0.356 bits per heavy atom. The van der Waals surface area contributed by atoms with Crippen LogP contribution in [0.5, 0.6) is 0 Å². The van der Waals surface area contributed by atoms with Gasteiger partial charge in [0.15, 0.2) is 0 Å². The maximum absolute atomic E-state index is 6.30. The molecule has 10 rings (SSSR count). The van der Waals surface area contributed by atoms with Crippen molar-refractivity contribution in [3.05, 3.63) is 158 Å². The molecule has 3 heterocycles. The van der Waals surface area contributed by atoms with E-state index in [9.17, 15) is 0 Å². The van der Waals surface area contributed by atoms with E-state index in [0.29, 0.717) is 0 Å². The summed E-state index contributed by atoms with van der Waals surface area (Å²) in [5.74, 6) is 0. The SMILES string of the molecule is c1cc(-c2cccc3c2c2ccccc2n3-c2ccc3c(c2)oc2ccccc23)cc(-n2c3ccccc3c3ccccc32)c1. The molecule has 210 valence electrons. The molecule has 0 amide bonds. The molecule has 0 saturated carbocycles. The van der Waals surface area contributed by atoms with E-state index in [2.05, 4.69) is 155 Å². The average molecular weight is 575 g/mol. The van der Waals surface area contributed by atoms with Crippen LogP contribution in [0, 0.1) is 0 Å². The summed E-state index contributed by atoms with van der Waals surface area (Å²) in [5, 5.41) is 7.30. The number of nitrogens with zero attached hydrogens (tertiary/aromatic N) is 2. The lowest BCUT2D eigenvalue weighted by molar-refractivity contribution is 0.668. The van der Waals surface area contributed by atoms with Crippen LogP contribution in [-0.2, 0) is 0 Å². The molecule has 0 aliphatic carbocycles. The summed E-state index contributed by atoms with van der Waals surface area (Å²) in [6.07, 6.45) is 0. The first-order chi connectivity index (χ1) is 22.3. The predicted molar refractivity (Wildman–Crippen MR) is 188 cm³/mol. The molecule has 7 aromatic carbocycles. The molecule has 0 N–H and O–H groups in total. The topological polar surface area (TPSA) is 23.0 Å². The molecule has 0 aliphatic heterocycles. The fourth-order valence-electron chi connectivity index (χ4n) is 7.40. The molecule has 3 heteroatoms. The minimum Gasteiger partial charge on any atom is -0.456 e. The van der Waals surface area contributed by atoms with Gasteiger partial charge in [-0.3, -0.25) is 0 Å². The van der Waals surface area contributed by atoms with E-state index in [0.717, 1.165) is 33.3 Å². The van der Waals surface area contributed by atoms with Gasteiger partial charge < -0.3 is 13.6 Å². The monoisotopic (exact) mass is 574 g/mol. The number of para-hydroxylation sites is 4. The molecule has 0 bridgehead atoms. The number of rotatable bonds is 3. The van der Waals surface area contributed by atoms with Crippen LogP contribution in [0.4, 0.5) is 0 Å². The van der Waals surface area contributed by atoms with Gasteiger partial charge in [0, 0.05) is 49.8 Å². The van der Waals surface area contributed by atoms with E-state index < -0.39 is 0 Å². The Morgan fingerprint density at radius 3 is 1.69 bits per heavy atom. The normalized spacial score (nSPS) is 12.0. The number of hydrogen-bond acceptors (Lipinski definition) is 1. The van der Waals surface area contributed by atoms with Crippen LogP contribution in [0.2, 0.25) is 0 Å². The second kappa shape index (κ2) is 9.22. The smallest absolute Gasteiger partial charge is 0.137 e. The quantitative estimate of drug-likeness (QED) is 0.206. The Hall–Kier alpha value is -6.06. The van der Waals surface area contributed by atoms with Crippen molar-refractivity contribution in [1.82, 2.24) is 9.13 Å².